The fourth-order valence-corrected chi connectivity index (χ4v) is 3.66. The van der Waals surface area contributed by atoms with E-state index in [-0.39, 0.29) is 18.4 Å². The quantitative estimate of drug-likeness (QED) is 0.722. The Hall–Kier alpha value is -3.21. The van der Waals surface area contributed by atoms with Gasteiger partial charge in [-0.05, 0) is 18.9 Å². The van der Waals surface area contributed by atoms with Crippen molar-refractivity contribution in [1.29, 1.82) is 5.26 Å². The summed E-state index contributed by atoms with van der Waals surface area (Å²) in [5.41, 5.74) is 2.62. The largest absolute Gasteiger partial charge is 0.370 e. The van der Waals surface area contributed by atoms with Gasteiger partial charge < -0.3 is 14.8 Å². The van der Waals surface area contributed by atoms with Crippen LogP contribution in [0.25, 0.3) is 21.9 Å². The summed E-state index contributed by atoms with van der Waals surface area (Å²) < 4.78 is 0. The van der Waals surface area contributed by atoms with Crippen molar-refractivity contribution < 1.29 is 4.79 Å². The van der Waals surface area contributed by atoms with Gasteiger partial charge in [0.25, 0.3) is 0 Å². The smallest absolute Gasteiger partial charge is 0.226 e. The number of hydrogen-bond acceptors (Lipinski definition) is 6. The van der Waals surface area contributed by atoms with Gasteiger partial charge in [-0.1, -0.05) is 0 Å². The molecule has 8 heteroatoms. The van der Waals surface area contributed by atoms with Crippen LogP contribution in [0.1, 0.15) is 12.8 Å². The number of nitriles is 1. The van der Waals surface area contributed by atoms with Crippen LogP contribution in [-0.2, 0) is 4.79 Å². The van der Waals surface area contributed by atoms with Crippen molar-refractivity contribution in [3.05, 3.63) is 24.7 Å². The fourth-order valence-electron chi connectivity index (χ4n) is 3.66. The minimum Gasteiger partial charge on any atom is -0.370 e. The van der Waals surface area contributed by atoms with E-state index in [9.17, 15) is 4.79 Å². The Balaban J connectivity index is 1.60. The summed E-state index contributed by atoms with van der Waals surface area (Å²) in [5.74, 6) is 0.0285. The summed E-state index contributed by atoms with van der Waals surface area (Å²) in [6, 6.07) is 4.03. The van der Waals surface area contributed by atoms with Gasteiger partial charge in [0.15, 0.2) is 0 Å². The number of amides is 1. The molecule has 4 heterocycles. The van der Waals surface area contributed by atoms with E-state index in [1.807, 2.05) is 18.3 Å². The van der Waals surface area contributed by atoms with Crippen molar-refractivity contribution in [3.8, 4) is 6.07 Å². The molecule has 0 saturated carbocycles. The lowest BCUT2D eigenvalue weighted by atomic mass is 9.94. The number of hydrogen-bond donors (Lipinski definition) is 1. The highest BCUT2D eigenvalue weighted by Gasteiger charge is 2.28. The Morgan fingerprint density at radius 2 is 2.23 bits per heavy atom. The number of nitrogens with zero attached hydrogens (tertiary/aromatic N) is 6. The van der Waals surface area contributed by atoms with Crippen LogP contribution in [0.4, 0.5) is 5.69 Å². The second-order valence-corrected chi connectivity index (χ2v) is 6.60. The second kappa shape index (κ2) is 6.59. The molecule has 3 aromatic rings. The van der Waals surface area contributed by atoms with Crippen LogP contribution in [-0.4, -0.2) is 57.7 Å². The third kappa shape index (κ3) is 2.71. The maximum Gasteiger partial charge on any atom is 0.226 e. The molecular formula is C18H19N7O. The summed E-state index contributed by atoms with van der Waals surface area (Å²) in [6.45, 7) is 1.67. The third-order valence-electron chi connectivity index (χ3n) is 5.04. The molecular weight excluding hydrogens is 330 g/mol. The van der Waals surface area contributed by atoms with Crippen molar-refractivity contribution >= 4 is 33.5 Å². The predicted octanol–water partition coefficient (Wildman–Crippen LogP) is 1.70. The lowest BCUT2D eigenvalue weighted by molar-refractivity contribution is -0.134. The number of carbonyl (C=O) groups excluding carboxylic acids is 1. The minimum absolute atomic E-state index is 0.0281. The van der Waals surface area contributed by atoms with E-state index in [1.165, 1.54) is 4.90 Å². The highest BCUT2D eigenvalue weighted by atomic mass is 16.2. The molecule has 8 nitrogen and oxygen atoms in total. The van der Waals surface area contributed by atoms with Gasteiger partial charge in [0.1, 0.15) is 17.7 Å². The molecule has 1 amide bonds. The zero-order chi connectivity index (χ0) is 18.1. The number of carbonyl (C=O) groups is 1. The van der Waals surface area contributed by atoms with Crippen LogP contribution in [0.5, 0.6) is 0 Å². The van der Waals surface area contributed by atoms with Crippen molar-refractivity contribution in [3.63, 3.8) is 0 Å². The monoisotopic (exact) mass is 349 g/mol. The van der Waals surface area contributed by atoms with Crippen LogP contribution >= 0.6 is 0 Å². The second-order valence-electron chi connectivity index (χ2n) is 6.60. The molecule has 0 atom stereocenters. The van der Waals surface area contributed by atoms with E-state index in [0.29, 0.717) is 0 Å². The third-order valence-corrected chi connectivity index (χ3v) is 5.04. The van der Waals surface area contributed by atoms with Crippen LogP contribution < -0.4 is 4.90 Å². The number of piperidine rings is 1. The van der Waals surface area contributed by atoms with Crippen molar-refractivity contribution in [1.82, 2.24) is 25.1 Å². The molecule has 0 aliphatic carbocycles. The number of aromatic amines is 1. The van der Waals surface area contributed by atoms with E-state index >= 15 is 0 Å². The van der Waals surface area contributed by atoms with Gasteiger partial charge in [-0.25, -0.2) is 4.98 Å². The SMILES string of the molecule is CN(CC#N)C(=O)C1CCN(c2cnnc3cnc4[nH]ccc4c23)CC1. The maximum absolute atomic E-state index is 12.4. The number of anilines is 1. The summed E-state index contributed by atoms with van der Waals surface area (Å²) in [4.78, 5) is 23.7. The Kier molecular flexibility index (Phi) is 4.13. The maximum atomic E-state index is 12.4. The number of rotatable bonds is 3. The van der Waals surface area contributed by atoms with Gasteiger partial charge in [0.05, 0.1) is 24.2 Å². The van der Waals surface area contributed by atoms with Gasteiger partial charge in [-0.15, -0.1) is 5.10 Å². The molecule has 132 valence electrons. The number of nitrogens with one attached hydrogen (secondary N) is 1. The van der Waals surface area contributed by atoms with Gasteiger partial charge in [0.2, 0.25) is 5.91 Å². The number of H-pyrrole nitrogens is 1. The van der Waals surface area contributed by atoms with Crippen molar-refractivity contribution in [2.45, 2.75) is 12.8 Å². The van der Waals surface area contributed by atoms with Gasteiger partial charge in [0, 0.05) is 43.0 Å². The molecule has 0 spiro atoms. The van der Waals surface area contributed by atoms with Gasteiger partial charge in [-0.2, -0.15) is 10.4 Å². The van der Waals surface area contributed by atoms with E-state index in [0.717, 1.165) is 53.6 Å². The summed E-state index contributed by atoms with van der Waals surface area (Å²) in [6.07, 6.45) is 6.92. The molecule has 0 radical (unpaired) electrons. The first-order chi connectivity index (χ1) is 12.7. The average molecular weight is 349 g/mol. The molecule has 26 heavy (non-hydrogen) atoms. The van der Waals surface area contributed by atoms with E-state index in [1.54, 1.807) is 19.4 Å². The molecule has 0 bridgehead atoms. The van der Waals surface area contributed by atoms with Crippen molar-refractivity contribution in [2.24, 2.45) is 5.92 Å². The van der Waals surface area contributed by atoms with Crippen LogP contribution in [0.2, 0.25) is 0 Å². The Bertz CT molecular complexity index is 998. The molecule has 3 aromatic heterocycles. The highest BCUT2D eigenvalue weighted by Crippen LogP contribution is 2.32. The Morgan fingerprint density at radius 1 is 1.42 bits per heavy atom. The van der Waals surface area contributed by atoms with Crippen LogP contribution in [0.3, 0.4) is 0 Å². The van der Waals surface area contributed by atoms with Gasteiger partial charge in [-0.3, -0.25) is 4.79 Å². The lowest BCUT2D eigenvalue weighted by Crippen LogP contribution is -2.41. The lowest BCUT2D eigenvalue weighted by Gasteiger charge is -2.34. The van der Waals surface area contributed by atoms with E-state index < -0.39 is 0 Å². The zero-order valence-corrected chi connectivity index (χ0v) is 14.5. The molecule has 1 N–H and O–H groups in total. The molecule has 1 aliphatic rings. The molecule has 0 unspecified atom stereocenters. The number of pyridine rings is 1. The topological polar surface area (TPSA) is 102 Å². The van der Waals surface area contributed by atoms with E-state index in [4.69, 9.17) is 5.26 Å². The number of fused-ring (bicyclic) bond motifs is 3. The molecule has 1 fully saturated rings. The fraction of sp³-hybridized carbons (Fsp3) is 0.389. The first-order valence-electron chi connectivity index (χ1n) is 8.63. The molecule has 1 aliphatic heterocycles. The van der Waals surface area contributed by atoms with Crippen LogP contribution in [0.15, 0.2) is 24.7 Å². The standard InChI is InChI=1S/C18H19N7O/c1-24(9-5-19)18(26)12-3-7-25(8-4-12)15-11-22-23-14-10-21-17-13(16(14)15)2-6-20-17/h2,6,10-12H,3-4,7-9H2,1H3,(H,20,21). The van der Waals surface area contributed by atoms with Gasteiger partial charge >= 0.3 is 0 Å². The zero-order valence-electron chi connectivity index (χ0n) is 14.5. The summed E-state index contributed by atoms with van der Waals surface area (Å²) >= 11 is 0. The number of aromatic nitrogens is 4. The first kappa shape index (κ1) is 16.3. The predicted molar refractivity (Wildman–Crippen MR) is 97.4 cm³/mol. The molecule has 0 aromatic carbocycles. The Labute approximate surface area is 150 Å². The first-order valence-corrected chi connectivity index (χ1v) is 8.63. The highest BCUT2D eigenvalue weighted by molar-refractivity contribution is 6.09. The van der Waals surface area contributed by atoms with Crippen LogP contribution in [0, 0.1) is 17.2 Å². The minimum atomic E-state index is -0.0281. The molecule has 1 saturated heterocycles. The van der Waals surface area contributed by atoms with E-state index in [2.05, 4.69) is 25.1 Å². The summed E-state index contributed by atoms with van der Waals surface area (Å²) in [7, 11) is 1.69. The average Bonchev–Trinajstić information content (AvgIpc) is 3.16. The summed E-state index contributed by atoms with van der Waals surface area (Å²) in [5, 5.41) is 19.2. The molecule has 4 rings (SSSR count). The normalized spacial score (nSPS) is 15.3. The van der Waals surface area contributed by atoms with Crippen molar-refractivity contribution in [2.75, 3.05) is 31.6 Å². The Morgan fingerprint density at radius 3 is 3.00 bits per heavy atom.